The Bertz CT molecular complexity index is 3390. The van der Waals surface area contributed by atoms with Gasteiger partial charge < -0.3 is 14.3 Å². The molecule has 1 aliphatic rings. The molecule has 1 aliphatic heterocycles. The Kier molecular flexibility index (Phi) is 7.09. The van der Waals surface area contributed by atoms with Crippen LogP contribution in [0.5, 0.6) is 0 Å². The number of thiophene rings is 1. The maximum Gasteiger partial charge on any atom is 0.159 e. The van der Waals surface area contributed by atoms with Gasteiger partial charge in [-0.3, -0.25) is 0 Å². The first-order valence-electron chi connectivity index (χ1n) is 19.2. The number of amidine groups is 2. The zero-order valence-electron chi connectivity index (χ0n) is 30.6. The third kappa shape index (κ3) is 5.08. The van der Waals surface area contributed by atoms with E-state index < -0.39 is 0 Å². The van der Waals surface area contributed by atoms with Crippen molar-refractivity contribution in [1.82, 2.24) is 9.88 Å². The molecule has 5 nitrogen and oxygen atoms in total. The third-order valence-corrected chi connectivity index (χ3v) is 12.4. The van der Waals surface area contributed by atoms with Crippen LogP contribution < -0.4 is 5.32 Å². The molecule has 57 heavy (non-hydrogen) atoms. The number of para-hydroxylation sites is 3. The van der Waals surface area contributed by atoms with Gasteiger partial charge >= 0.3 is 0 Å². The summed E-state index contributed by atoms with van der Waals surface area (Å²) in [6, 6.07) is 64.4. The first-order valence-corrected chi connectivity index (χ1v) is 20.0. The van der Waals surface area contributed by atoms with Crippen LogP contribution >= 0.6 is 11.3 Å². The van der Waals surface area contributed by atoms with Gasteiger partial charge in [-0.2, -0.15) is 0 Å². The molecular weight excluding hydrogens is 717 g/mol. The van der Waals surface area contributed by atoms with Crippen molar-refractivity contribution >= 4 is 86.9 Å². The van der Waals surface area contributed by atoms with Crippen LogP contribution in [0.25, 0.3) is 80.7 Å². The molecule has 1 atom stereocenters. The van der Waals surface area contributed by atoms with Crippen LogP contribution in [-0.2, 0) is 0 Å². The van der Waals surface area contributed by atoms with Gasteiger partial charge in [-0.15, -0.1) is 11.3 Å². The minimum Gasteiger partial charge on any atom is -0.455 e. The molecule has 0 radical (unpaired) electrons. The number of aliphatic imine (C=N–C) groups is 2. The van der Waals surface area contributed by atoms with E-state index in [-0.39, 0.29) is 6.17 Å². The van der Waals surface area contributed by atoms with Crippen LogP contribution in [0.2, 0.25) is 0 Å². The van der Waals surface area contributed by atoms with E-state index in [0.29, 0.717) is 5.84 Å². The van der Waals surface area contributed by atoms with Crippen molar-refractivity contribution in [2.75, 3.05) is 0 Å². The monoisotopic (exact) mass is 748 g/mol. The highest BCUT2D eigenvalue weighted by Gasteiger charge is 2.24. The van der Waals surface area contributed by atoms with Gasteiger partial charge in [-0.1, -0.05) is 127 Å². The Morgan fingerprint density at radius 3 is 2.04 bits per heavy atom. The van der Waals surface area contributed by atoms with Gasteiger partial charge in [-0.05, 0) is 71.3 Å². The highest BCUT2D eigenvalue weighted by molar-refractivity contribution is 7.26. The zero-order valence-corrected chi connectivity index (χ0v) is 31.4. The molecule has 0 saturated carbocycles. The topological polar surface area (TPSA) is 54.8 Å². The summed E-state index contributed by atoms with van der Waals surface area (Å²) in [7, 11) is 0. The predicted molar refractivity (Wildman–Crippen MR) is 238 cm³/mol. The van der Waals surface area contributed by atoms with E-state index in [1.807, 2.05) is 47.7 Å². The lowest BCUT2D eigenvalue weighted by Gasteiger charge is -2.23. The number of aromatic nitrogens is 1. The van der Waals surface area contributed by atoms with Gasteiger partial charge in [0.2, 0.25) is 0 Å². The third-order valence-electron chi connectivity index (χ3n) is 11.3. The highest BCUT2D eigenvalue weighted by Crippen LogP contribution is 2.43. The summed E-state index contributed by atoms with van der Waals surface area (Å²) in [5, 5.41) is 10.8. The SMILES string of the molecule is c1ccc(C2=NC(c3ccccc3)NC(c3cccc4c3oc3cc(-c5cccc6sc7ccc(-n8c9ccccc9c9ccccc98)cc7c56)ccc34)=N2)cc1. The number of nitrogens with one attached hydrogen (secondary N) is 1. The molecule has 0 amide bonds. The van der Waals surface area contributed by atoms with Crippen LogP contribution in [0.3, 0.4) is 0 Å². The largest absolute Gasteiger partial charge is 0.455 e. The van der Waals surface area contributed by atoms with E-state index >= 15 is 0 Å². The maximum absolute atomic E-state index is 6.85. The van der Waals surface area contributed by atoms with Crippen molar-refractivity contribution in [2.24, 2.45) is 9.98 Å². The highest BCUT2D eigenvalue weighted by atomic mass is 32.1. The van der Waals surface area contributed by atoms with E-state index in [2.05, 4.69) is 155 Å². The van der Waals surface area contributed by atoms with Crippen LogP contribution in [0.4, 0.5) is 0 Å². The molecule has 0 spiro atoms. The van der Waals surface area contributed by atoms with Crippen molar-refractivity contribution in [3.63, 3.8) is 0 Å². The minimum absolute atomic E-state index is 0.295. The summed E-state index contributed by atoms with van der Waals surface area (Å²) >= 11 is 1.84. The summed E-state index contributed by atoms with van der Waals surface area (Å²) in [4.78, 5) is 10.1. The first kappa shape index (κ1) is 32.0. The summed E-state index contributed by atoms with van der Waals surface area (Å²) < 4.78 is 11.8. The lowest BCUT2D eigenvalue weighted by atomic mass is 9.98. The molecule has 8 aromatic carbocycles. The van der Waals surface area contributed by atoms with E-state index in [1.165, 1.54) is 47.5 Å². The zero-order chi connectivity index (χ0) is 37.5. The Morgan fingerprint density at radius 2 is 1.23 bits per heavy atom. The number of furan rings is 1. The second-order valence-electron chi connectivity index (χ2n) is 14.6. The van der Waals surface area contributed by atoms with E-state index in [1.54, 1.807) is 0 Å². The molecule has 0 fully saturated rings. The second-order valence-corrected chi connectivity index (χ2v) is 15.6. The van der Waals surface area contributed by atoms with Gasteiger partial charge in [0.15, 0.2) is 5.84 Å². The summed E-state index contributed by atoms with van der Waals surface area (Å²) in [6.07, 6.45) is -0.295. The summed E-state index contributed by atoms with van der Waals surface area (Å²) in [5.74, 6) is 1.42. The van der Waals surface area contributed by atoms with Crippen LogP contribution in [0.1, 0.15) is 22.9 Å². The standard InChI is InChI=1S/C51H32N4OS/c1-3-13-31(14-4-1)49-52-50(32-15-5-2-6-16-32)54-51(53-49)40-21-11-20-39-38-27-25-33(29-44(38)56-48(39)40)35-19-12-24-46-47(35)41-30-34(26-28-45(41)57-46)55-42-22-9-7-17-36(42)37-18-8-10-23-43(37)55/h1-30,49H,(H,52,53,54). The molecule has 0 bridgehead atoms. The smallest absolute Gasteiger partial charge is 0.159 e. The fourth-order valence-electron chi connectivity index (χ4n) is 8.66. The molecule has 0 saturated heterocycles. The van der Waals surface area contributed by atoms with Crippen molar-refractivity contribution < 1.29 is 4.42 Å². The number of nitrogens with zero attached hydrogens (tertiary/aromatic N) is 3. The Morgan fingerprint density at radius 1 is 0.526 bits per heavy atom. The molecule has 0 aliphatic carbocycles. The molecule has 12 rings (SSSR count). The van der Waals surface area contributed by atoms with Crippen LogP contribution in [0, 0.1) is 0 Å². The number of rotatable bonds is 5. The van der Waals surface area contributed by atoms with Crippen LogP contribution in [0.15, 0.2) is 196 Å². The van der Waals surface area contributed by atoms with Crippen molar-refractivity contribution in [2.45, 2.75) is 6.17 Å². The van der Waals surface area contributed by atoms with E-state index in [4.69, 9.17) is 14.4 Å². The van der Waals surface area contributed by atoms with Gasteiger partial charge in [-0.25, -0.2) is 9.98 Å². The fraction of sp³-hybridized carbons (Fsp3) is 0.0196. The van der Waals surface area contributed by atoms with Gasteiger partial charge in [0, 0.05) is 53.0 Å². The normalized spacial score (nSPS) is 14.5. The molecule has 6 heteroatoms. The lowest BCUT2D eigenvalue weighted by Crippen LogP contribution is -2.33. The Hall–Kier alpha value is -7.28. The number of fused-ring (bicyclic) bond motifs is 9. The Balaban J connectivity index is 0.997. The van der Waals surface area contributed by atoms with Gasteiger partial charge in [0.25, 0.3) is 0 Å². The molecule has 3 aromatic heterocycles. The van der Waals surface area contributed by atoms with Crippen LogP contribution in [-0.4, -0.2) is 16.2 Å². The summed E-state index contributed by atoms with van der Waals surface area (Å²) in [6.45, 7) is 0. The van der Waals surface area contributed by atoms with Crippen molar-refractivity contribution in [1.29, 1.82) is 0 Å². The molecular formula is C51H32N4OS. The molecule has 1 N–H and O–H groups in total. The number of hydrogen-bond donors (Lipinski definition) is 1. The first-order chi connectivity index (χ1) is 28.2. The second kappa shape index (κ2) is 12.6. The van der Waals surface area contributed by atoms with Gasteiger partial charge in [0.1, 0.15) is 23.2 Å². The van der Waals surface area contributed by atoms with E-state index in [9.17, 15) is 0 Å². The molecule has 268 valence electrons. The van der Waals surface area contributed by atoms with Crippen molar-refractivity contribution in [3.8, 4) is 16.8 Å². The quantitative estimate of drug-likeness (QED) is 0.191. The van der Waals surface area contributed by atoms with E-state index in [0.717, 1.165) is 55.7 Å². The molecule has 1 unspecified atom stereocenters. The minimum atomic E-state index is -0.295. The number of benzene rings is 8. The lowest BCUT2D eigenvalue weighted by molar-refractivity contribution is 0.660. The Labute approximate surface area is 331 Å². The molecule has 11 aromatic rings. The maximum atomic E-state index is 6.85. The van der Waals surface area contributed by atoms with Gasteiger partial charge in [0.05, 0.1) is 16.6 Å². The van der Waals surface area contributed by atoms with Crippen molar-refractivity contribution in [3.05, 3.63) is 199 Å². The predicted octanol–water partition coefficient (Wildman–Crippen LogP) is 13.2. The average molecular weight is 749 g/mol. The fourth-order valence-corrected chi connectivity index (χ4v) is 9.77. The number of hydrogen-bond acceptors (Lipinski definition) is 5. The molecule has 4 heterocycles. The average Bonchev–Trinajstić information content (AvgIpc) is 3.96. The summed E-state index contributed by atoms with van der Waals surface area (Å²) in [5.41, 5.74) is 10.5.